The average Bonchev–Trinajstić information content (AvgIpc) is 2.44. The Morgan fingerprint density at radius 2 is 1.84 bits per heavy atom. The number of piperazine rings is 1. The van der Waals surface area contributed by atoms with Crippen molar-refractivity contribution in [2.75, 3.05) is 32.7 Å². The average molecular weight is 261 g/mol. The lowest BCUT2D eigenvalue weighted by molar-refractivity contribution is 0.0925. The summed E-state index contributed by atoms with van der Waals surface area (Å²) in [5.41, 5.74) is 8.70. The normalized spacial score (nSPS) is 19.5. The fourth-order valence-corrected chi connectivity index (χ4v) is 2.89. The van der Waals surface area contributed by atoms with Crippen LogP contribution in [0, 0.1) is 6.92 Å². The quantitative estimate of drug-likeness (QED) is 0.878. The van der Waals surface area contributed by atoms with Crippen molar-refractivity contribution in [1.29, 1.82) is 0 Å². The lowest BCUT2D eigenvalue weighted by atomic mass is 10.1. The van der Waals surface area contributed by atoms with Crippen molar-refractivity contribution in [1.82, 2.24) is 9.80 Å². The minimum absolute atomic E-state index is 0.570. The van der Waals surface area contributed by atoms with Crippen LogP contribution in [-0.2, 0) is 6.54 Å². The van der Waals surface area contributed by atoms with Crippen LogP contribution in [-0.4, -0.2) is 48.6 Å². The van der Waals surface area contributed by atoms with Crippen molar-refractivity contribution < 1.29 is 0 Å². The number of nitrogens with two attached hydrogens (primary N) is 1. The van der Waals surface area contributed by atoms with E-state index in [1.165, 1.54) is 11.1 Å². The minimum Gasteiger partial charge on any atom is -0.329 e. The fourth-order valence-electron chi connectivity index (χ4n) is 2.89. The van der Waals surface area contributed by atoms with Gasteiger partial charge in [-0.2, -0.15) is 0 Å². The molecule has 19 heavy (non-hydrogen) atoms. The molecule has 0 saturated carbocycles. The maximum atomic E-state index is 5.84. The number of benzene rings is 1. The van der Waals surface area contributed by atoms with Crippen molar-refractivity contribution in [3.8, 4) is 0 Å². The Labute approximate surface area is 117 Å². The zero-order chi connectivity index (χ0) is 13.7. The van der Waals surface area contributed by atoms with E-state index in [0.717, 1.165) is 45.7 Å². The van der Waals surface area contributed by atoms with Crippen molar-refractivity contribution in [3.05, 3.63) is 35.4 Å². The predicted octanol–water partition coefficient (Wildman–Crippen LogP) is 1.85. The van der Waals surface area contributed by atoms with Gasteiger partial charge in [-0.25, -0.2) is 0 Å². The maximum Gasteiger partial charge on any atom is 0.0237 e. The second kappa shape index (κ2) is 7.04. The lowest BCUT2D eigenvalue weighted by Crippen LogP contribution is -2.51. The number of hydrogen-bond donors (Lipinski definition) is 1. The summed E-state index contributed by atoms with van der Waals surface area (Å²) in [6.45, 7) is 10.9. The highest BCUT2D eigenvalue weighted by atomic mass is 15.3. The lowest BCUT2D eigenvalue weighted by Gasteiger charge is -2.38. The Hall–Kier alpha value is -0.900. The molecule has 1 heterocycles. The van der Waals surface area contributed by atoms with Crippen molar-refractivity contribution >= 4 is 0 Å². The molecule has 106 valence electrons. The molecule has 0 bridgehead atoms. The maximum absolute atomic E-state index is 5.84. The molecule has 0 radical (unpaired) electrons. The molecule has 0 amide bonds. The zero-order valence-corrected chi connectivity index (χ0v) is 12.3. The van der Waals surface area contributed by atoms with Crippen LogP contribution in [0.1, 0.15) is 24.5 Å². The van der Waals surface area contributed by atoms with E-state index in [4.69, 9.17) is 5.73 Å². The second-order valence-corrected chi connectivity index (χ2v) is 5.54. The van der Waals surface area contributed by atoms with E-state index in [9.17, 15) is 0 Å². The number of aryl methyl sites for hydroxylation is 1. The molecule has 3 heteroatoms. The first-order valence-corrected chi connectivity index (χ1v) is 7.45. The third-order valence-electron chi connectivity index (χ3n) is 4.32. The van der Waals surface area contributed by atoms with Crippen LogP contribution in [0.25, 0.3) is 0 Å². The van der Waals surface area contributed by atoms with Gasteiger partial charge >= 0.3 is 0 Å². The summed E-state index contributed by atoms with van der Waals surface area (Å²) in [5.74, 6) is 0. The summed E-state index contributed by atoms with van der Waals surface area (Å²) in [7, 11) is 0. The first-order chi connectivity index (χ1) is 9.24. The first kappa shape index (κ1) is 14.5. The van der Waals surface area contributed by atoms with Gasteiger partial charge in [0.2, 0.25) is 0 Å². The van der Waals surface area contributed by atoms with Gasteiger partial charge in [-0.1, -0.05) is 31.2 Å². The van der Waals surface area contributed by atoms with E-state index in [2.05, 4.69) is 47.9 Å². The molecule has 3 nitrogen and oxygen atoms in total. The van der Waals surface area contributed by atoms with Gasteiger partial charge in [0.05, 0.1) is 0 Å². The van der Waals surface area contributed by atoms with Crippen LogP contribution in [0.5, 0.6) is 0 Å². The molecule has 1 aromatic rings. The highest BCUT2D eigenvalue weighted by molar-refractivity contribution is 5.25. The molecule has 1 atom stereocenters. The molecule has 2 N–H and O–H groups in total. The van der Waals surface area contributed by atoms with Crippen LogP contribution in [0.4, 0.5) is 0 Å². The van der Waals surface area contributed by atoms with Gasteiger partial charge in [0.15, 0.2) is 0 Å². The topological polar surface area (TPSA) is 32.5 Å². The molecular weight excluding hydrogens is 234 g/mol. The summed E-state index contributed by atoms with van der Waals surface area (Å²) in [6, 6.07) is 9.27. The number of nitrogens with zero attached hydrogens (tertiary/aromatic N) is 2. The summed E-state index contributed by atoms with van der Waals surface area (Å²) in [6.07, 6.45) is 1.16. The third kappa shape index (κ3) is 3.78. The molecule has 1 fully saturated rings. The predicted molar refractivity (Wildman–Crippen MR) is 81.2 cm³/mol. The molecule has 1 aromatic carbocycles. The second-order valence-electron chi connectivity index (χ2n) is 5.54. The summed E-state index contributed by atoms with van der Waals surface area (Å²) >= 11 is 0. The largest absolute Gasteiger partial charge is 0.329 e. The van der Waals surface area contributed by atoms with E-state index in [1.54, 1.807) is 0 Å². The Balaban J connectivity index is 1.85. The molecule has 2 rings (SSSR count). The monoisotopic (exact) mass is 261 g/mol. The number of rotatable bonds is 5. The molecule has 0 aliphatic carbocycles. The smallest absolute Gasteiger partial charge is 0.0237 e. The Kier molecular flexibility index (Phi) is 5.37. The van der Waals surface area contributed by atoms with Gasteiger partial charge < -0.3 is 5.73 Å². The van der Waals surface area contributed by atoms with E-state index >= 15 is 0 Å². The fraction of sp³-hybridized carbons (Fsp3) is 0.625. The van der Waals surface area contributed by atoms with E-state index in [1.807, 2.05) is 0 Å². The Morgan fingerprint density at radius 1 is 1.16 bits per heavy atom. The van der Waals surface area contributed by atoms with Gasteiger partial charge in [0.1, 0.15) is 0 Å². The van der Waals surface area contributed by atoms with Crippen molar-refractivity contribution in [3.63, 3.8) is 0 Å². The summed E-state index contributed by atoms with van der Waals surface area (Å²) < 4.78 is 0. The minimum atomic E-state index is 0.570. The SMILES string of the molecule is CCC(CN)N1CCN(Cc2ccccc2C)CC1. The van der Waals surface area contributed by atoms with Crippen LogP contribution in [0.3, 0.4) is 0 Å². The van der Waals surface area contributed by atoms with Gasteiger partial charge in [-0.05, 0) is 24.5 Å². The Morgan fingerprint density at radius 3 is 2.42 bits per heavy atom. The van der Waals surface area contributed by atoms with Crippen LogP contribution in [0.2, 0.25) is 0 Å². The molecule has 1 saturated heterocycles. The van der Waals surface area contributed by atoms with Gasteiger partial charge in [0, 0.05) is 45.3 Å². The van der Waals surface area contributed by atoms with Crippen LogP contribution >= 0.6 is 0 Å². The first-order valence-electron chi connectivity index (χ1n) is 7.45. The summed E-state index contributed by atoms with van der Waals surface area (Å²) in [5, 5.41) is 0. The Bertz CT molecular complexity index is 379. The zero-order valence-electron chi connectivity index (χ0n) is 12.3. The van der Waals surface area contributed by atoms with Gasteiger partial charge in [-0.15, -0.1) is 0 Å². The van der Waals surface area contributed by atoms with Gasteiger partial charge in [-0.3, -0.25) is 9.80 Å². The third-order valence-corrected chi connectivity index (χ3v) is 4.32. The molecule has 1 aliphatic rings. The molecule has 1 aliphatic heterocycles. The highest BCUT2D eigenvalue weighted by Gasteiger charge is 2.21. The van der Waals surface area contributed by atoms with Gasteiger partial charge in [0.25, 0.3) is 0 Å². The molecule has 0 spiro atoms. The molecular formula is C16H27N3. The number of hydrogen-bond acceptors (Lipinski definition) is 3. The van der Waals surface area contributed by atoms with Crippen molar-refractivity contribution in [2.24, 2.45) is 5.73 Å². The van der Waals surface area contributed by atoms with E-state index < -0.39 is 0 Å². The highest BCUT2D eigenvalue weighted by Crippen LogP contribution is 2.14. The standard InChI is InChI=1S/C16H27N3/c1-3-16(12-17)19-10-8-18(9-11-19)13-15-7-5-4-6-14(15)2/h4-7,16H,3,8-13,17H2,1-2H3. The van der Waals surface area contributed by atoms with E-state index in [-0.39, 0.29) is 0 Å². The molecule has 0 aromatic heterocycles. The van der Waals surface area contributed by atoms with Crippen LogP contribution < -0.4 is 5.73 Å². The molecule has 1 unspecified atom stereocenters. The van der Waals surface area contributed by atoms with Crippen LogP contribution in [0.15, 0.2) is 24.3 Å². The van der Waals surface area contributed by atoms with Crippen molar-refractivity contribution in [2.45, 2.75) is 32.9 Å². The summed E-state index contributed by atoms with van der Waals surface area (Å²) in [4.78, 5) is 5.11. The van der Waals surface area contributed by atoms with E-state index in [0.29, 0.717) is 6.04 Å².